The lowest BCUT2D eigenvalue weighted by atomic mass is 9.81. The zero-order chi connectivity index (χ0) is 33.4. The van der Waals surface area contributed by atoms with Gasteiger partial charge in [-0.15, -0.1) is 0 Å². The second-order valence-corrected chi connectivity index (χ2v) is 15.6. The van der Waals surface area contributed by atoms with Gasteiger partial charge in [-0.1, -0.05) is 49.2 Å². The first kappa shape index (κ1) is 32.8. The zero-order valence-electron chi connectivity index (χ0n) is 27.1. The molecule has 3 fully saturated rings. The minimum absolute atomic E-state index is 0.0101. The van der Waals surface area contributed by atoms with Crippen molar-refractivity contribution in [2.75, 3.05) is 26.7 Å². The predicted octanol–water partition coefficient (Wildman–Crippen LogP) is 5.74. The number of nitrogens with zero attached hydrogens (tertiary/aromatic N) is 5. The van der Waals surface area contributed by atoms with Crippen LogP contribution < -0.4 is 5.32 Å². The highest BCUT2D eigenvalue weighted by Gasteiger charge is 2.55. The topological polar surface area (TPSA) is 90.4 Å². The van der Waals surface area contributed by atoms with Crippen molar-refractivity contribution in [3.63, 3.8) is 0 Å². The highest BCUT2D eigenvalue weighted by Crippen LogP contribution is 2.56. The number of allylic oxidation sites excluding steroid dienone is 1. The van der Waals surface area contributed by atoms with Gasteiger partial charge in [0.15, 0.2) is 5.17 Å². The van der Waals surface area contributed by atoms with E-state index in [4.69, 9.17) is 32.9 Å². The number of pyridine rings is 1. The van der Waals surface area contributed by atoms with Gasteiger partial charge in [0, 0.05) is 62.2 Å². The maximum absolute atomic E-state index is 15.0. The van der Waals surface area contributed by atoms with Crippen LogP contribution in [-0.2, 0) is 19.9 Å². The number of amides is 2. The number of fused-ring (bicyclic) bond motifs is 1. The molecule has 5 aliphatic rings. The molecule has 1 aromatic carbocycles. The normalized spacial score (nSPS) is 29.6. The molecule has 47 heavy (non-hydrogen) atoms. The van der Waals surface area contributed by atoms with Crippen molar-refractivity contribution in [3.8, 4) is 0 Å². The van der Waals surface area contributed by atoms with Crippen LogP contribution in [0.15, 0.2) is 52.1 Å². The number of hydrogen-bond acceptors (Lipinski definition) is 8. The maximum Gasteiger partial charge on any atom is 0.263 e. The fourth-order valence-electron chi connectivity index (χ4n) is 7.53. The summed E-state index contributed by atoms with van der Waals surface area (Å²) in [6.07, 6.45) is 4.00. The molecule has 1 spiro atoms. The number of hydrogen-bond donors (Lipinski definition) is 1. The number of nitrogens with one attached hydrogen (secondary N) is 1. The van der Waals surface area contributed by atoms with Crippen molar-refractivity contribution >= 4 is 51.9 Å². The van der Waals surface area contributed by atoms with E-state index in [0.717, 1.165) is 30.6 Å². The van der Waals surface area contributed by atoms with Gasteiger partial charge in [0.2, 0.25) is 5.91 Å². The molecule has 0 bridgehead atoms. The maximum atomic E-state index is 15.0. The van der Waals surface area contributed by atoms with Crippen molar-refractivity contribution in [1.82, 2.24) is 25.0 Å². The van der Waals surface area contributed by atoms with Crippen LogP contribution in [0.25, 0.3) is 0 Å². The highest BCUT2D eigenvalue weighted by atomic mass is 35.5. The molecule has 1 N–H and O–H groups in total. The molecule has 2 saturated heterocycles. The number of aromatic nitrogens is 1. The lowest BCUT2D eigenvalue weighted by molar-refractivity contribution is -0.144. The van der Waals surface area contributed by atoms with Crippen molar-refractivity contribution in [2.24, 2.45) is 10.9 Å². The number of thioether (sulfide) groups is 1. The van der Waals surface area contributed by atoms with Crippen LogP contribution in [0.1, 0.15) is 64.1 Å². The smallest absolute Gasteiger partial charge is 0.263 e. The lowest BCUT2D eigenvalue weighted by Gasteiger charge is -2.41. The van der Waals surface area contributed by atoms with E-state index in [1.54, 1.807) is 36.4 Å². The summed E-state index contributed by atoms with van der Waals surface area (Å²) in [5.41, 5.74) is 1.36. The second kappa shape index (κ2) is 12.0. The summed E-state index contributed by atoms with van der Waals surface area (Å²) in [7, 11) is 1.63. The zero-order valence-corrected chi connectivity index (χ0v) is 29.4. The Labute approximate surface area is 288 Å². The van der Waals surface area contributed by atoms with Crippen LogP contribution in [0.2, 0.25) is 10.2 Å². The van der Waals surface area contributed by atoms with Gasteiger partial charge in [-0.3, -0.25) is 9.59 Å². The van der Waals surface area contributed by atoms with Crippen LogP contribution in [0.4, 0.5) is 4.39 Å². The van der Waals surface area contributed by atoms with Gasteiger partial charge < -0.3 is 24.8 Å². The molecule has 7 rings (SSSR count). The number of amidine groups is 1. The Morgan fingerprint density at radius 3 is 2.57 bits per heavy atom. The van der Waals surface area contributed by atoms with E-state index in [9.17, 15) is 9.59 Å². The minimum Gasteiger partial charge on any atom is -0.380 e. The summed E-state index contributed by atoms with van der Waals surface area (Å²) in [6.45, 7) is 9.82. The summed E-state index contributed by atoms with van der Waals surface area (Å²) >= 11 is 13.6. The molecule has 5 atom stereocenters. The van der Waals surface area contributed by atoms with E-state index < -0.39 is 23.4 Å². The summed E-state index contributed by atoms with van der Waals surface area (Å²) in [5, 5.41) is 4.62. The van der Waals surface area contributed by atoms with Gasteiger partial charge in [0.05, 0.1) is 17.2 Å². The van der Waals surface area contributed by atoms with Gasteiger partial charge in [-0.2, -0.15) is 0 Å². The van der Waals surface area contributed by atoms with Crippen LogP contribution in [0, 0.1) is 11.7 Å². The van der Waals surface area contributed by atoms with Crippen LogP contribution in [0.5, 0.6) is 0 Å². The monoisotopic (exact) mass is 700 g/mol. The fraction of sp³-hybridized carbons (Fsp3) is 0.529. The molecule has 2 amide bonds. The van der Waals surface area contributed by atoms with E-state index in [1.165, 1.54) is 17.8 Å². The number of methoxy groups -OCH3 is 1. The molecule has 9 nitrogen and oxygen atoms in total. The van der Waals surface area contributed by atoms with Gasteiger partial charge in [-0.05, 0) is 68.1 Å². The van der Waals surface area contributed by atoms with Crippen molar-refractivity contribution in [3.05, 3.63) is 74.3 Å². The standard InChI is InChI=1S/C34H39Cl2FN6O3S/c1-18(2)27-28(31(45)41-16-22(46-5)13-25(41)30(44)42-17-34(10-11-34)39-14-19(42)3)47-32-40-33(4,21-7-9-26(36)38-15-21)29(43(27)32)20-6-8-23(35)24(37)12-20/h6-9,12,15,18-19,22,25,29,39H,10-11,13-14,16-17H2,1-5H3/t19-,22+,25+,29+,33-/m0/s1. The highest BCUT2D eigenvalue weighted by molar-refractivity contribution is 8.18. The van der Waals surface area contributed by atoms with Gasteiger partial charge >= 0.3 is 0 Å². The number of rotatable bonds is 6. The Kier molecular flexibility index (Phi) is 8.39. The summed E-state index contributed by atoms with van der Waals surface area (Å²) in [6, 6.07) is 7.27. The molecule has 0 radical (unpaired) electrons. The van der Waals surface area contributed by atoms with Crippen molar-refractivity contribution in [2.45, 2.75) is 82.3 Å². The number of halogens is 3. The summed E-state index contributed by atoms with van der Waals surface area (Å²) in [5.74, 6) is -0.875. The fourth-order valence-corrected chi connectivity index (χ4v) is 9.12. The first-order chi connectivity index (χ1) is 22.4. The van der Waals surface area contributed by atoms with E-state index in [1.807, 2.05) is 31.7 Å². The van der Waals surface area contributed by atoms with Crippen molar-refractivity contribution in [1.29, 1.82) is 0 Å². The molecule has 2 aromatic rings. The molecule has 1 aliphatic carbocycles. The third kappa shape index (κ3) is 5.56. The number of benzene rings is 1. The van der Waals surface area contributed by atoms with Gasteiger partial charge in [0.25, 0.3) is 5.91 Å². The third-order valence-corrected chi connectivity index (χ3v) is 12.0. The first-order valence-electron chi connectivity index (χ1n) is 16.1. The van der Waals surface area contributed by atoms with Crippen LogP contribution in [0.3, 0.4) is 0 Å². The number of aliphatic imine (C=N–C) groups is 1. The molecule has 250 valence electrons. The first-order valence-corrected chi connectivity index (χ1v) is 17.7. The van der Waals surface area contributed by atoms with E-state index in [2.05, 4.69) is 22.1 Å². The number of ether oxygens (including phenoxy) is 1. The molecular weight excluding hydrogens is 662 g/mol. The largest absolute Gasteiger partial charge is 0.380 e. The van der Waals surface area contributed by atoms with Crippen molar-refractivity contribution < 1.29 is 18.7 Å². The quantitative estimate of drug-likeness (QED) is 0.385. The molecule has 13 heteroatoms. The average Bonchev–Trinajstić information content (AvgIpc) is 3.36. The second-order valence-electron chi connectivity index (χ2n) is 13.9. The average molecular weight is 702 g/mol. The minimum atomic E-state index is -0.889. The number of piperazine rings is 1. The van der Waals surface area contributed by atoms with Gasteiger partial charge in [0.1, 0.15) is 27.5 Å². The molecule has 5 heterocycles. The van der Waals surface area contributed by atoms with E-state index >= 15 is 4.39 Å². The Balaban J connectivity index is 1.27. The Bertz CT molecular complexity index is 1680. The summed E-state index contributed by atoms with van der Waals surface area (Å²) in [4.78, 5) is 44.7. The Morgan fingerprint density at radius 1 is 1.17 bits per heavy atom. The molecule has 0 unspecified atom stereocenters. The molecule has 1 saturated carbocycles. The van der Waals surface area contributed by atoms with Gasteiger partial charge in [-0.25, -0.2) is 14.4 Å². The number of likely N-dealkylation sites (tertiary alicyclic amines) is 1. The van der Waals surface area contributed by atoms with E-state index in [0.29, 0.717) is 40.3 Å². The molecular formula is C34H39Cl2FN6O3S. The van der Waals surface area contributed by atoms with Crippen LogP contribution in [-0.4, -0.2) is 87.1 Å². The van der Waals surface area contributed by atoms with Crippen LogP contribution >= 0.6 is 35.0 Å². The molecule has 1 aromatic heterocycles. The Morgan fingerprint density at radius 2 is 1.94 bits per heavy atom. The summed E-state index contributed by atoms with van der Waals surface area (Å²) < 4.78 is 20.8. The SMILES string of the molecule is CO[C@@H]1C[C@H](C(=O)N2CC3(CC3)NC[C@@H]2C)N(C(=O)C2=C(C(C)C)N3C(=N[C@@](C)(c4ccc(Cl)nc4)[C@H]3c3ccc(Cl)c(F)c3)S2)C1. The lowest BCUT2D eigenvalue weighted by Crippen LogP contribution is -2.61. The Hall–Kier alpha value is -2.70. The number of carbonyl (C=O) groups excluding carboxylic acids is 2. The molecule has 4 aliphatic heterocycles. The predicted molar refractivity (Wildman–Crippen MR) is 182 cm³/mol. The van der Waals surface area contributed by atoms with E-state index in [-0.39, 0.29) is 40.4 Å². The third-order valence-electron chi connectivity index (χ3n) is 10.4. The number of carbonyl (C=O) groups is 2.